The van der Waals surface area contributed by atoms with Crippen LogP contribution in [0.15, 0.2) is 30.3 Å². The Bertz CT molecular complexity index is 1030. The van der Waals surface area contributed by atoms with E-state index in [0.717, 1.165) is 4.90 Å². The molecule has 0 aliphatic carbocycles. The predicted molar refractivity (Wildman–Crippen MR) is 113 cm³/mol. The number of carbonyl (C=O) groups is 1. The monoisotopic (exact) mass is 456 g/mol. The Kier molecular flexibility index (Phi) is 6.81. The van der Waals surface area contributed by atoms with Crippen molar-refractivity contribution in [3.05, 3.63) is 52.3 Å². The second-order valence-corrected chi connectivity index (χ2v) is 8.36. The molecule has 1 heterocycles. The molecule has 0 aromatic heterocycles. The highest BCUT2D eigenvalue weighted by Crippen LogP contribution is 2.45. The van der Waals surface area contributed by atoms with Crippen molar-refractivity contribution in [2.24, 2.45) is 11.5 Å². The molecule has 1 aliphatic rings. The van der Waals surface area contributed by atoms with E-state index in [0.29, 0.717) is 31.5 Å². The van der Waals surface area contributed by atoms with Gasteiger partial charge in [0.2, 0.25) is 10.9 Å². The van der Waals surface area contributed by atoms with Crippen LogP contribution < -0.4 is 16.4 Å². The van der Waals surface area contributed by atoms with Gasteiger partial charge in [-0.3, -0.25) is 4.90 Å². The minimum atomic E-state index is -2.67. The predicted octanol–water partition coefficient (Wildman–Crippen LogP) is 2.57. The maximum absolute atomic E-state index is 14.2. The van der Waals surface area contributed by atoms with E-state index in [4.69, 9.17) is 23.1 Å². The number of rotatable bonds is 5. The number of hydrogen-bond acceptors (Lipinski definition) is 5. The maximum atomic E-state index is 14.2. The Balaban J connectivity index is 2.07. The normalized spacial score (nSPS) is 15.5. The number of anilines is 2. The van der Waals surface area contributed by atoms with Gasteiger partial charge in [0.1, 0.15) is 11.6 Å². The number of amides is 2. The number of halogens is 2. The molecule has 1 saturated heterocycles. The third kappa shape index (κ3) is 4.22. The molecular formula is C19H22ClFN4O4S. The molecule has 0 unspecified atom stereocenters. The van der Waals surface area contributed by atoms with Gasteiger partial charge in [-0.15, -0.1) is 0 Å². The number of urea groups is 1. The lowest BCUT2D eigenvalue weighted by Crippen LogP contribution is -2.33. The molecule has 2 aromatic carbocycles. The summed E-state index contributed by atoms with van der Waals surface area (Å²) in [5.41, 5.74) is 11.8. The largest absolute Gasteiger partial charge is 0.505 e. The fourth-order valence-corrected chi connectivity index (χ4v) is 4.65. The van der Waals surface area contributed by atoms with Gasteiger partial charge in [-0.25, -0.2) is 21.9 Å². The van der Waals surface area contributed by atoms with Gasteiger partial charge in [0.05, 0.1) is 11.4 Å². The summed E-state index contributed by atoms with van der Waals surface area (Å²) in [6, 6.07) is 6.11. The molecule has 30 heavy (non-hydrogen) atoms. The van der Waals surface area contributed by atoms with Crippen molar-refractivity contribution >= 4 is 39.9 Å². The molecule has 0 atom stereocenters. The van der Waals surface area contributed by atoms with Gasteiger partial charge in [0.15, 0.2) is 0 Å². The third-order valence-electron chi connectivity index (χ3n) is 5.25. The molecule has 0 spiro atoms. The molecule has 5 N–H and O–H groups in total. The zero-order chi connectivity index (χ0) is 22.0. The summed E-state index contributed by atoms with van der Waals surface area (Å²) in [6.45, 7) is 0.410. The molecule has 0 bridgehead atoms. The number of thiol groups is 1. The smallest absolute Gasteiger partial charge is 0.324 e. The minimum Gasteiger partial charge on any atom is -0.505 e. The lowest BCUT2D eigenvalue weighted by molar-refractivity contribution is 0.255. The standard InChI is InChI=1S/C19H22ClFN4O4S/c20-13-4-5-16(18(26)17(13)11-6-8-24(9-7-11)30(28)29)25(19(23)27)15-3-1-2-14(21)12(15)10-22/h1-5,11,26,30H,6-10,22H2,(H2,23,27). The summed E-state index contributed by atoms with van der Waals surface area (Å²) in [6.07, 6.45) is 0.898. The average Bonchev–Trinajstić information content (AvgIpc) is 2.70. The first-order chi connectivity index (χ1) is 14.3. The fourth-order valence-electron chi connectivity index (χ4n) is 3.78. The Hall–Kier alpha value is -2.40. The van der Waals surface area contributed by atoms with E-state index in [2.05, 4.69) is 0 Å². The van der Waals surface area contributed by atoms with E-state index in [-0.39, 0.29) is 40.2 Å². The van der Waals surface area contributed by atoms with Crippen molar-refractivity contribution in [2.45, 2.75) is 25.3 Å². The van der Waals surface area contributed by atoms with Crippen LogP contribution in [0.25, 0.3) is 0 Å². The van der Waals surface area contributed by atoms with Crippen LogP contribution in [-0.4, -0.2) is 37.0 Å². The van der Waals surface area contributed by atoms with Crippen LogP contribution in [0.5, 0.6) is 5.75 Å². The second-order valence-electron chi connectivity index (χ2n) is 6.91. The van der Waals surface area contributed by atoms with Crippen molar-refractivity contribution in [1.29, 1.82) is 0 Å². The molecule has 0 saturated carbocycles. The number of phenols is 1. The Morgan fingerprint density at radius 1 is 1.23 bits per heavy atom. The first-order valence-corrected chi connectivity index (χ1v) is 10.7. The Morgan fingerprint density at radius 3 is 2.47 bits per heavy atom. The van der Waals surface area contributed by atoms with E-state index in [1.54, 1.807) is 0 Å². The van der Waals surface area contributed by atoms with Gasteiger partial charge in [-0.05, 0) is 43.0 Å². The molecule has 2 aromatic rings. The van der Waals surface area contributed by atoms with Gasteiger partial charge in [0, 0.05) is 35.8 Å². The van der Waals surface area contributed by atoms with Crippen molar-refractivity contribution in [1.82, 2.24) is 4.31 Å². The van der Waals surface area contributed by atoms with Gasteiger partial charge in [-0.2, -0.15) is 0 Å². The Labute approximate surface area is 179 Å². The highest BCUT2D eigenvalue weighted by molar-refractivity contribution is 7.69. The summed E-state index contributed by atoms with van der Waals surface area (Å²) in [5.74, 6) is -1.09. The van der Waals surface area contributed by atoms with E-state index in [9.17, 15) is 22.7 Å². The Morgan fingerprint density at radius 2 is 1.90 bits per heavy atom. The highest BCUT2D eigenvalue weighted by Gasteiger charge is 2.30. The maximum Gasteiger partial charge on any atom is 0.324 e. The molecular weight excluding hydrogens is 435 g/mol. The molecule has 1 fully saturated rings. The third-order valence-corrected chi connectivity index (χ3v) is 6.45. The lowest BCUT2D eigenvalue weighted by atomic mass is 9.89. The molecule has 2 amide bonds. The molecule has 11 heteroatoms. The highest BCUT2D eigenvalue weighted by atomic mass is 35.5. The number of hydrogen-bond donors (Lipinski definition) is 4. The number of carbonyl (C=O) groups excluding carboxylic acids is 1. The fraction of sp³-hybridized carbons (Fsp3) is 0.316. The number of aromatic hydroxyl groups is 1. The van der Waals surface area contributed by atoms with Crippen LogP contribution in [0.2, 0.25) is 5.02 Å². The average molecular weight is 457 g/mol. The first-order valence-electron chi connectivity index (χ1n) is 9.23. The molecule has 8 nitrogen and oxygen atoms in total. The van der Waals surface area contributed by atoms with Gasteiger partial charge in [-0.1, -0.05) is 17.7 Å². The van der Waals surface area contributed by atoms with E-state index >= 15 is 0 Å². The summed E-state index contributed by atoms with van der Waals surface area (Å²) < 4.78 is 37.9. The van der Waals surface area contributed by atoms with Crippen LogP contribution in [0.4, 0.5) is 20.6 Å². The number of primary amides is 1. The van der Waals surface area contributed by atoms with Crippen LogP contribution in [0, 0.1) is 5.82 Å². The number of benzene rings is 2. The summed E-state index contributed by atoms with van der Waals surface area (Å²) >= 11 is 6.34. The zero-order valence-electron chi connectivity index (χ0n) is 15.9. The first kappa shape index (κ1) is 22.3. The van der Waals surface area contributed by atoms with Crippen LogP contribution in [-0.2, 0) is 17.4 Å². The van der Waals surface area contributed by atoms with E-state index in [1.165, 1.54) is 34.6 Å². The number of nitrogens with two attached hydrogens (primary N) is 2. The van der Waals surface area contributed by atoms with Crippen LogP contribution >= 0.6 is 11.6 Å². The lowest BCUT2D eigenvalue weighted by Gasteiger charge is -2.31. The van der Waals surface area contributed by atoms with E-state index in [1.807, 2.05) is 0 Å². The van der Waals surface area contributed by atoms with Gasteiger partial charge >= 0.3 is 6.03 Å². The topological polar surface area (TPSA) is 130 Å². The minimum absolute atomic E-state index is 0.0412. The molecule has 1 aliphatic heterocycles. The van der Waals surface area contributed by atoms with Crippen LogP contribution in [0.1, 0.15) is 29.9 Å². The van der Waals surface area contributed by atoms with Gasteiger partial charge in [0.25, 0.3) is 0 Å². The second kappa shape index (κ2) is 9.17. The number of phenolic OH excluding ortho intramolecular Hbond substituents is 1. The zero-order valence-corrected chi connectivity index (χ0v) is 17.6. The molecule has 162 valence electrons. The quantitative estimate of drug-likeness (QED) is 0.514. The van der Waals surface area contributed by atoms with E-state index < -0.39 is 22.7 Å². The van der Waals surface area contributed by atoms with Crippen LogP contribution in [0.3, 0.4) is 0 Å². The van der Waals surface area contributed by atoms with Crippen molar-refractivity contribution < 1.29 is 22.7 Å². The van der Waals surface area contributed by atoms with Crippen molar-refractivity contribution in [2.75, 3.05) is 18.0 Å². The summed E-state index contributed by atoms with van der Waals surface area (Å²) in [4.78, 5) is 13.3. The van der Waals surface area contributed by atoms with Crippen molar-refractivity contribution in [3.63, 3.8) is 0 Å². The number of nitrogens with zero attached hydrogens (tertiary/aromatic N) is 2. The van der Waals surface area contributed by atoms with Crippen molar-refractivity contribution in [3.8, 4) is 5.75 Å². The summed E-state index contributed by atoms with van der Waals surface area (Å²) in [7, 11) is -2.67. The number of piperidine rings is 1. The molecule has 3 rings (SSSR count). The van der Waals surface area contributed by atoms with Gasteiger partial charge < -0.3 is 16.6 Å². The summed E-state index contributed by atoms with van der Waals surface area (Å²) in [5, 5.41) is 11.3. The SMILES string of the molecule is NCc1c(F)cccc1N(C(N)=O)c1ccc(Cl)c(C2CCN([SH](=O)=O)CC2)c1O. The molecule has 0 radical (unpaired) electrons.